The predicted molar refractivity (Wildman–Crippen MR) is 89.5 cm³/mol. The van der Waals surface area contributed by atoms with Gasteiger partial charge in [0.25, 0.3) is 0 Å². The second kappa shape index (κ2) is 5.91. The quantitative estimate of drug-likeness (QED) is 0.725. The Morgan fingerprint density at radius 1 is 1.24 bits per heavy atom. The number of benzene rings is 1. The lowest BCUT2D eigenvalue weighted by Crippen LogP contribution is -1.97. The van der Waals surface area contributed by atoms with Crippen LogP contribution in [-0.4, -0.2) is 16.2 Å². The van der Waals surface area contributed by atoms with Crippen LogP contribution < -0.4 is 10.5 Å². The number of nitrogens with zero attached hydrogens (tertiary/aromatic N) is 2. The number of thiophene rings is 1. The molecule has 0 bridgehead atoms. The summed E-state index contributed by atoms with van der Waals surface area (Å²) >= 11 is 3.32. The number of nitrogen functional groups attached to an aromatic ring is 1. The first-order chi connectivity index (χ1) is 10.2. The summed E-state index contributed by atoms with van der Waals surface area (Å²) in [5.41, 5.74) is 5.78. The highest BCUT2D eigenvalue weighted by molar-refractivity contribution is 7.98. The molecule has 6 heteroatoms. The fourth-order valence-electron chi connectivity index (χ4n) is 1.97. The lowest BCUT2D eigenvalue weighted by Gasteiger charge is -2.06. The summed E-state index contributed by atoms with van der Waals surface area (Å²) in [5.74, 6) is 1.50. The van der Waals surface area contributed by atoms with E-state index < -0.39 is 0 Å². The molecule has 1 aromatic carbocycles. The van der Waals surface area contributed by atoms with Gasteiger partial charge in [-0.3, -0.25) is 0 Å². The lowest BCUT2D eigenvalue weighted by molar-refractivity contribution is 0.469. The Morgan fingerprint density at radius 3 is 2.67 bits per heavy atom. The Balaban J connectivity index is 2.00. The van der Waals surface area contributed by atoms with Gasteiger partial charge in [-0.25, -0.2) is 4.98 Å². The van der Waals surface area contributed by atoms with Crippen LogP contribution in [0.3, 0.4) is 0 Å². The zero-order valence-corrected chi connectivity index (χ0v) is 13.4. The van der Waals surface area contributed by atoms with Gasteiger partial charge in [0, 0.05) is 9.77 Å². The van der Waals surface area contributed by atoms with E-state index >= 15 is 0 Å². The van der Waals surface area contributed by atoms with Gasteiger partial charge in [-0.05, 0) is 43.0 Å². The number of hydrogen-bond donors (Lipinski definition) is 1. The molecule has 0 fully saturated rings. The fourth-order valence-corrected chi connectivity index (χ4v) is 3.34. The highest BCUT2D eigenvalue weighted by Gasteiger charge is 2.12. The van der Waals surface area contributed by atoms with Gasteiger partial charge in [0.2, 0.25) is 11.8 Å². The van der Waals surface area contributed by atoms with E-state index in [9.17, 15) is 0 Å². The van der Waals surface area contributed by atoms with Gasteiger partial charge in [-0.2, -0.15) is 4.98 Å². The van der Waals surface area contributed by atoms with Crippen molar-refractivity contribution >= 4 is 39.3 Å². The molecule has 0 amide bonds. The fraction of sp³-hybridized carbons (Fsp3) is 0.200. The van der Waals surface area contributed by atoms with E-state index in [1.165, 1.54) is 9.77 Å². The Morgan fingerprint density at radius 2 is 2.00 bits per heavy atom. The molecule has 2 aromatic heterocycles. The monoisotopic (exact) mass is 317 g/mol. The Labute approximate surface area is 131 Å². The van der Waals surface area contributed by atoms with Crippen LogP contribution in [0.1, 0.15) is 11.8 Å². The topological polar surface area (TPSA) is 61.0 Å². The first-order valence-corrected chi connectivity index (χ1v) is 8.61. The van der Waals surface area contributed by atoms with Gasteiger partial charge in [0.05, 0.1) is 5.39 Å². The SMILES string of the molecule is CCc1cc2c(Oc3ccc(SC)cc3)nc(N)nc2s1. The summed E-state index contributed by atoms with van der Waals surface area (Å²) in [5, 5.41) is 0.917. The molecular weight excluding hydrogens is 302 g/mol. The Hall–Kier alpha value is -1.79. The van der Waals surface area contributed by atoms with E-state index in [4.69, 9.17) is 10.5 Å². The molecule has 3 rings (SSSR count). The van der Waals surface area contributed by atoms with Crippen LogP contribution in [0.25, 0.3) is 10.2 Å². The standard InChI is InChI=1S/C15H15N3OS2/c1-3-10-8-12-13(17-15(16)18-14(12)21-10)19-9-4-6-11(20-2)7-5-9/h4-8H,3H2,1-2H3,(H2,16,17,18). The third-order valence-electron chi connectivity index (χ3n) is 3.05. The zero-order valence-electron chi connectivity index (χ0n) is 11.8. The number of ether oxygens (including phenoxy) is 1. The van der Waals surface area contributed by atoms with Crippen LogP contribution in [0.2, 0.25) is 0 Å². The molecule has 0 aliphatic heterocycles. The van der Waals surface area contributed by atoms with Gasteiger partial charge in [0.1, 0.15) is 10.6 Å². The maximum absolute atomic E-state index is 5.90. The summed E-state index contributed by atoms with van der Waals surface area (Å²) < 4.78 is 5.90. The maximum atomic E-state index is 5.90. The Kier molecular flexibility index (Phi) is 3.98. The number of nitrogens with two attached hydrogens (primary N) is 1. The molecule has 0 atom stereocenters. The van der Waals surface area contributed by atoms with Crippen LogP contribution in [0, 0.1) is 0 Å². The van der Waals surface area contributed by atoms with Crippen LogP contribution >= 0.6 is 23.1 Å². The minimum absolute atomic E-state index is 0.239. The zero-order chi connectivity index (χ0) is 14.8. The van der Waals surface area contributed by atoms with Crippen molar-refractivity contribution in [2.45, 2.75) is 18.2 Å². The van der Waals surface area contributed by atoms with Gasteiger partial charge in [-0.15, -0.1) is 23.1 Å². The minimum atomic E-state index is 0.239. The molecule has 2 N–H and O–H groups in total. The smallest absolute Gasteiger partial charge is 0.232 e. The molecule has 0 aliphatic rings. The lowest BCUT2D eigenvalue weighted by atomic mass is 10.3. The molecule has 0 saturated carbocycles. The van der Waals surface area contributed by atoms with E-state index in [1.807, 2.05) is 30.5 Å². The summed E-state index contributed by atoms with van der Waals surface area (Å²) in [6.07, 6.45) is 3.00. The molecule has 2 heterocycles. The normalized spacial score (nSPS) is 11.0. The van der Waals surface area contributed by atoms with Crippen molar-refractivity contribution in [1.29, 1.82) is 0 Å². The highest BCUT2D eigenvalue weighted by atomic mass is 32.2. The second-order valence-corrected chi connectivity index (χ2v) is 6.44. The van der Waals surface area contributed by atoms with Crippen LogP contribution in [0.4, 0.5) is 5.95 Å². The van der Waals surface area contributed by atoms with Crippen molar-refractivity contribution in [3.63, 3.8) is 0 Å². The predicted octanol–water partition coefficient (Wildman–Crippen LogP) is 4.35. The summed E-state index contributed by atoms with van der Waals surface area (Å²) in [7, 11) is 0. The number of aryl methyl sites for hydroxylation is 1. The van der Waals surface area contributed by atoms with Crippen LogP contribution in [-0.2, 0) is 6.42 Å². The molecule has 0 radical (unpaired) electrons. The van der Waals surface area contributed by atoms with Crippen molar-refractivity contribution in [2.75, 3.05) is 12.0 Å². The second-order valence-electron chi connectivity index (χ2n) is 4.45. The molecule has 0 aliphatic carbocycles. The van der Waals surface area contributed by atoms with Crippen molar-refractivity contribution in [1.82, 2.24) is 9.97 Å². The molecular formula is C15H15N3OS2. The molecule has 108 valence electrons. The maximum Gasteiger partial charge on any atom is 0.232 e. The number of thioether (sulfide) groups is 1. The molecule has 0 spiro atoms. The third-order valence-corrected chi connectivity index (χ3v) is 4.97. The summed E-state index contributed by atoms with van der Waals surface area (Å²) in [6.45, 7) is 2.11. The molecule has 4 nitrogen and oxygen atoms in total. The van der Waals surface area contributed by atoms with Gasteiger partial charge >= 0.3 is 0 Å². The van der Waals surface area contributed by atoms with Crippen molar-refractivity contribution < 1.29 is 4.74 Å². The van der Waals surface area contributed by atoms with E-state index in [1.54, 1.807) is 23.1 Å². The number of aromatic nitrogens is 2. The first-order valence-electron chi connectivity index (χ1n) is 6.57. The molecule has 0 unspecified atom stereocenters. The summed E-state index contributed by atoms with van der Waals surface area (Å²) in [6, 6.07) is 9.98. The van der Waals surface area contributed by atoms with Crippen LogP contribution in [0.5, 0.6) is 11.6 Å². The summed E-state index contributed by atoms with van der Waals surface area (Å²) in [4.78, 5) is 11.8. The van der Waals surface area contributed by atoms with Crippen molar-refractivity contribution in [3.8, 4) is 11.6 Å². The number of anilines is 1. The van der Waals surface area contributed by atoms with E-state index in [0.717, 1.165) is 22.4 Å². The third kappa shape index (κ3) is 2.96. The number of hydrogen-bond acceptors (Lipinski definition) is 6. The number of fused-ring (bicyclic) bond motifs is 1. The molecule has 3 aromatic rings. The highest BCUT2D eigenvalue weighted by Crippen LogP contribution is 2.34. The van der Waals surface area contributed by atoms with Crippen molar-refractivity contribution in [2.24, 2.45) is 0 Å². The average Bonchev–Trinajstić information content (AvgIpc) is 2.91. The van der Waals surface area contributed by atoms with Crippen molar-refractivity contribution in [3.05, 3.63) is 35.2 Å². The van der Waals surface area contributed by atoms with E-state index in [2.05, 4.69) is 23.0 Å². The van der Waals surface area contributed by atoms with E-state index in [0.29, 0.717) is 5.88 Å². The van der Waals surface area contributed by atoms with Gasteiger partial charge in [-0.1, -0.05) is 6.92 Å². The van der Waals surface area contributed by atoms with Crippen LogP contribution in [0.15, 0.2) is 35.2 Å². The molecule has 21 heavy (non-hydrogen) atoms. The average molecular weight is 317 g/mol. The Bertz CT molecular complexity index is 768. The van der Waals surface area contributed by atoms with Gasteiger partial charge < -0.3 is 10.5 Å². The molecule has 0 saturated heterocycles. The van der Waals surface area contributed by atoms with Gasteiger partial charge in [0.15, 0.2) is 0 Å². The first kappa shape index (κ1) is 14.2. The largest absolute Gasteiger partial charge is 0.438 e. The minimum Gasteiger partial charge on any atom is -0.438 e. The van der Waals surface area contributed by atoms with E-state index in [-0.39, 0.29) is 5.95 Å². The number of rotatable bonds is 4.